The molecular formula is C5H10NO3PS. The zero-order valence-corrected chi connectivity index (χ0v) is 8.15. The maximum absolute atomic E-state index is 8.18. The molecule has 0 radical (unpaired) electrons. The Bertz CT molecular complexity index is 183. The first-order chi connectivity index (χ1) is 5.18. The molecule has 0 aliphatic rings. The van der Waals surface area contributed by atoms with Crippen molar-refractivity contribution in [2.75, 3.05) is 20.8 Å². The minimum Gasteiger partial charge on any atom is -0.312 e. The lowest BCUT2D eigenvalue weighted by Crippen LogP contribution is -1.95. The second-order valence-corrected chi connectivity index (χ2v) is 4.78. The van der Waals surface area contributed by atoms with E-state index in [2.05, 4.69) is 0 Å². The van der Waals surface area contributed by atoms with E-state index >= 15 is 0 Å². The van der Waals surface area contributed by atoms with E-state index in [0.29, 0.717) is 6.42 Å². The summed E-state index contributed by atoms with van der Waals surface area (Å²) in [5, 5.41) is 8.18. The Morgan fingerprint density at radius 1 is 1.45 bits per heavy atom. The average Bonchev–Trinajstić information content (AvgIpc) is 2.05. The van der Waals surface area contributed by atoms with E-state index in [9.17, 15) is 0 Å². The van der Waals surface area contributed by atoms with Crippen LogP contribution in [0.25, 0.3) is 0 Å². The molecule has 0 saturated carbocycles. The van der Waals surface area contributed by atoms with Crippen LogP contribution in [0.5, 0.6) is 0 Å². The molecule has 0 saturated heterocycles. The first-order valence-corrected chi connectivity index (χ1v) is 5.47. The van der Waals surface area contributed by atoms with E-state index in [-0.39, 0.29) is 6.61 Å². The molecule has 0 atom stereocenters. The van der Waals surface area contributed by atoms with Gasteiger partial charge in [-0.15, -0.1) is 0 Å². The van der Waals surface area contributed by atoms with Gasteiger partial charge in [-0.3, -0.25) is 0 Å². The molecule has 0 aromatic rings. The maximum atomic E-state index is 8.18. The predicted octanol–water partition coefficient (Wildman–Crippen LogP) is 1.43. The van der Waals surface area contributed by atoms with E-state index in [4.69, 9.17) is 30.6 Å². The number of nitrogens with zero attached hydrogens (tertiary/aromatic N) is 1. The van der Waals surface area contributed by atoms with Crippen LogP contribution in [0.4, 0.5) is 0 Å². The molecule has 0 unspecified atom stereocenters. The van der Waals surface area contributed by atoms with Gasteiger partial charge >= 0.3 is 6.72 Å². The Hall–Kier alpha value is 0.0200. The Labute approximate surface area is 71.3 Å². The van der Waals surface area contributed by atoms with Crippen molar-refractivity contribution in [1.29, 1.82) is 5.26 Å². The van der Waals surface area contributed by atoms with Gasteiger partial charge in [-0.25, -0.2) is 0 Å². The van der Waals surface area contributed by atoms with Gasteiger partial charge in [0.05, 0.1) is 19.1 Å². The molecule has 0 fully saturated rings. The summed E-state index contributed by atoms with van der Waals surface area (Å²) < 4.78 is 14.6. The Morgan fingerprint density at radius 2 is 2.00 bits per heavy atom. The van der Waals surface area contributed by atoms with Crippen molar-refractivity contribution in [3.05, 3.63) is 0 Å². The minimum atomic E-state index is -2.53. The summed E-state index contributed by atoms with van der Waals surface area (Å²) in [6.07, 6.45) is 0.297. The summed E-state index contributed by atoms with van der Waals surface area (Å²) in [5.74, 6) is 0. The third-order valence-corrected chi connectivity index (χ3v) is 3.51. The molecule has 4 nitrogen and oxygen atoms in total. The standard InChI is InChI=1S/C5H10NO3PS/c1-7-10(11,8-2)9-5-3-4-6/h3,5H2,1-2H3. The predicted molar refractivity (Wildman–Crippen MR) is 44.5 cm³/mol. The van der Waals surface area contributed by atoms with Crippen molar-refractivity contribution in [3.8, 4) is 6.07 Å². The Morgan fingerprint density at radius 3 is 2.36 bits per heavy atom. The average molecular weight is 195 g/mol. The molecule has 0 rings (SSSR count). The third kappa shape index (κ3) is 4.46. The second kappa shape index (κ2) is 5.64. The number of rotatable bonds is 5. The van der Waals surface area contributed by atoms with Crippen LogP contribution in [0.1, 0.15) is 6.42 Å². The van der Waals surface area contributed by atoms with Crippen LogP contribution in [-0.4, -0.2) is 20.8 Å². The second-order valence-electron chi connectivity index (χ2n) is 1.55. The zero-order chi connectivity index (χ0) is 8.74. The van der Waals surface area contributed by atoms with Crippen LogP contribution in [0, 0.1) is 11.3 Å². The van der Waals surface area contributed by atoms with Crippen LogP contribution >= 0.6 is 6.72 Å². The first kappa shape index (κ1) is 11.0. The van der Waals surface area contributed by atoms with E-state index in [1.165, 1.54) is 14.2 Å². The highest BCUT2D eigenvalue weighted by Crippen LogP contribution is 2.47. The Balaban J connectivity index is 3.72. The first-order valence-electron chi connectivity index (χ1n) is 2.91. The van der Waals surface area contributed by atoms with Crippen LogP contribution in [0.3, 0.4) is 0 Å². The summed E-state index contributed by atoms with van der Waals surface area (Å²) in [6, 6.07) is 1.92. The van der Waals surface area contributed by atoms with E-state index in [0.717, 1.165) is 0 Å². The Kier molecular flexibility index (Phi) is 5.65. The van der Waals surface area contributed by atoms with Gasteiger partial charge in [0.1, 0.15) is 0 Å². The molecule has 0 N–H and O–H groups in total. The van der Waals surface area contributed by atoms with Gasteiger partial charge < -0.3 is 13.6 Å². The van der Waals surface area contributed by atoms with Crippen molar-refractivity contribution in [2.45, 2.75) is 6.42 Å². The SMILES string of the molecule is COP(=S)(OC)OCCC#N. The molecule has 0 amide bonds. The lowest BCUT2D eigenvalue weighted by Gasteiger charge is -2.15. The monoisotopic (exact) mass is 195 g/mol. The highest BCUT2D eigenvalue weighted by Gasteiger charge is 2.15. The topological polar surface area (TPSA) is 51.5 Å². The summed E-state index contributed by atoms with van der Waals surface area (Å²) in [7, 11) is 2.85. The zero-order valence-electron chi connectivity index (χ0n) is 6.44. The number of hydrogen-bond donors (Lipinski definition) is 0. The van der Waals surface area contributed by atoms with Gasteiger partial charge in [0.15, 0.2) is 0 Å². The van der Waals surface area contributed by atoms with Gasteiger partial charge in [-0.2, -0.15) is 5.26 Å². The molecule has 0 spiro atoms. The van der Waals surface area contributed by atoms with Crippen LogP contribution in [0.15, 0.2) is 0 Å². The van der Waals surface area contributed by atoms with E-state index < -0.39 is 6.72 Å². The van der Waals surface area contributed by atoms with Gasteiger partial charge in [0.2, 0.25) is 0 Å². The molecule has 0 heterocycles. The number of nitriles is 1. The van der Waals surface area contributed by atoms with Crippen molar-refractivity contribution < 1.29 is 13.6 Å². The molecule has 11 heavy (non-hydrogen) atoms. The summed E-state index contributed by atoms with van der Waals surface area (Å²) in [5.41, 5.74) is 0. The van der Waals surface area contributed by atoms with Crippen molar-refractivity contribution in [3.63, 3.8) is 0 Å². The minimum absolute atomic E-state index is 0.259. The van der Waals surface area contributed by atoms with Crippen molar-refractivity contribution >= 4 is 18.5 Å². The third-order valence-electron chi connectivity index (χ3n) is 0.910. The van der Waals surface area contributed by atoms with Crippen molar-refractivity contribution in [2.24, 2.45) is 0 Å². The smallest absolute Gasteiger partial charge is 0.312 e. The molecule has 0 aliphatic heterocycles. The van der Waals surface area contributed by atoms with Gasteiger partial charge in [0.25, 0.3) is 0 Å². The molecular weight excluding hydrogens is 185 g/mol. The lowest BCUT2D eigenvalue weighted by molar-refractivity contribution is 0.206. The molecule has 6 heteroatoms. The van der Waals surface area contributed by atoms with Crippen LogP contribution in [0.2, 0.25) is 0 Å². The molecule has 0 aliphatic carbocycles. The lowest BCUT2D eigenvalue weighted by atomic mass is 10.5. The van der Waals surface area contributed by atoms with E-state index in [1.54, 1.807) is 0 Å². The molecule has 0 bridgehead atoms. The van der Waals surface area contributed by atoms with Crippen LogP contribution in [-0.2, 0) is 25.4 Å². The molecule has 64 valence electrons. The van der Waals surface area contributed by atoms with Crippen molar-refractivity contribution in [1.82, 2.24) is 0 Å². The number of hydrogen-bond acceptors (Lipinski definition) is 5. The quantitative estimate of drug-likeness (QED) is 0.490. The summed E-state index contributed by atoms with van der Waals surface area (Å²) in [4.78, 5) is 0. The van der Waals surface area contributed by atoms with Gasteiger partial charge in [0, 0.05) is 14.2 Å². The molecule has 0 aromatic heterocycles. The molecule has 0 aromatic carbocycles. The summed E-state index contributed by atoms with van der Waals surface area (Å²) in [6.45, 7) is -2.27. The normalized spacial score (nSPS) is 11.0. The fourth-order valence-electron chi connectivity index (χ4n) is 0.383. The van der Waals surface area contributed by atoms with Gasteiger partial charge in [-0.1, -0.05) is 0 Å². The maximum Gasteiger partial charge on any atom is 0.326 e. The highest BCUT2D eigenvalue weighted by atomic mass is 32.5. The fraction of sp³-hybridized carbons (Fsp3) is 0.800. The largest absolute Gasteiger partial charge is 0.326 e. The van der Waals surface area contributed by atoms with Gasteiger partial charge in [-0.05, 0) is 11.8 Å². The van der Waals surface area contributed by atoms with Crippen LogP contribution < -0.4 is 0 Å². The fourth-order valence-corrected chi connectivity index (χ4v) is 1.28. The van der Waals surface area contributed by atoms with E-state index in [1.807, 2.05) is 6.07 Å². The highest BCUT2D eigenvalue weighted by molar-refractivity contribution is 8.07. The summed E-state index contributed by atoms with van der Waals surface area (Å²) >= 11 is 4.85.